The highest BCUT2D eigenvalue weighted by atomic mass is 32.2. The van der Waals surface area contributed by atoms with Crippen molar-refractivity contribution in [3.8, 4) is 0 Å². The Morgan fingerprint density at radius 1 is 1.20 bits per heavy atom. The summed E-state index contributed by atoms with van der Waals surface area (Å²) in [5, 5.41) is 2.84. The second-order valence-corrected chi connectivity index (χ2v) is 8.06. The number of aromatic nitrogens is 1. The molecular formula is C18H21N3O3S. The first kappa shape index (κ1) is 17.4. The summed E-state index contributed by atoms with van der Waals surface area (Å²) in [5.41, 5.74) is 2.44. The number of nitrogens with one attached hydrogen (secondary N) is 1. The van der Waals surface area contributed by atoms with Gasteiger partial charge in [0.25, 0.3) is 0 Å². The van der Waals surface area contributed by atoms with Crippen LogP contribution in [0.25, 0.3) is 0 Å². The molecule has 1 aromatic carbocycles. The Balaban J connectivity index is 1.50. The van der Waals surface area contributed by atoms with E-state index < -0.39 is 10.0 Å². The van der Waals surface area contributed by atoms with E-state index in [1.165, 1.54) is 4.31 Å². The number of carbonyl (C=O) groups is 1. The van der Waals surface area contributed by atoms with Crippen molar-refractivity contribution in [2.24, 2.45) is 0 Å². The van der Waals surface area contributed by atoms with Crippen molar-refractivity contribution >= 4 is 27.3 Å². The summed E-state index contributed by atoms with van der Waals surface area (Å²) in [6.07, 6.45) is 6.18. The van der Waals surface area contributed by atoms with Crippen LogP contribution in [0.1, 0.15) is 24.8 Å². The van der Waals surface area contributed by atoms with Gasteiger partial charge in [0.1, 0.15) is 0 Å². The summed E-state index contributed by atoms with van der Waals surface area (Å²) in [5.74, 6) is 0.146. The molecule has 0 saturated carbocycles. The summed E-state index contributed by atoms with van der Waals surface area (Å²) in [6.45, 7) is 0.516. The molecule has 1 aromatic heterocycles. The van der Waals surface area contributed by atoms with Crippen LogP contribution in [0.5, 0.6) is 0 Å². The van der Waals surface area contributed by atoms with Crippen LogP contribution in [0, 0.1) is 0 Å². The second kappa shape index (κ2) is 7.65. The van der Waals surface area contributed by atoms with Crippen LogP contribution in [0.3, 0.4) is 0 Å². The average Bonchev–Trinajstić information content (AvgIpc) is 2.96. The van der Waals surface area contributed by atoms with Crippen LogP contribution in [-0.2, 0) is 21.2 Å². The van der Waals surface area contributed by atoms with Gasteiger partial charge in [-0.1, -0.05) is 6.07 Å². The van der Waals surface area contributed by atoms with Gasteiger partial charge in [0.15, 0.2) is 0 Å². The normalized spacial score (nSPS) is 15.9. The molecule has 25 heavy (non-hydrogen) atoms. The molecule has 0 radical (unpaired) electrons. The Kier molecular flexibility index (Phi) is 5.33. The van der Waals surface area contributed by atoms with Gasteiger partial charge < -0.3 is 5.32 Å². The topological polar surface area (TPSA) is 79.4 Å². The first-order valence-electron chi connectivity index (χ1n) is 8.34. The Bertz CT molecular complexity index is 820. The van der Waals surface area contributed by atoms with Crippen molar-refractivity contribution in [1.29, 1.82) is 0 Å². The van der Waals surface area contributed by atoms with Gasteiger partial charge in [-0.15, -0.1) is 0 Å². The van der Waals surface area contributed by atoms with E-state index in [-0.39, 0.29) is 11.7 Å². The summed E-state index contributed by atoms with van der Waals surface area (Å²) in [7, 11) is -3.17. The van der Waals surface area contributed by atoms with E-state index in [1.807, 2.05) is 18.3 Å². The van der Waals surface area contributed by atoms with Gasteiger partial charge in [0.2, 0.25) is 15.9 Å². The summed E-state index contributed by atoms with van der Waals surface area (Å²) < 4.78 is 25.2. The molecule has 2 heterocycles. The van der Waals surface area contributed by atoms with E-state index in [2.05, 4.69) is 10.3 Å². The lowest BCUT2D eigenvalue weighted by Crippen LogP contribution is -2.24. The zero-order valence-electron chi connectivity index (χ0n) is 13.9. The molecule has 1 saturated heterocycles. The fourth-order valence-electron chi connectivity index (χ4n) is 2.86. The molecule has 0 atom stereocenters. The molecule has 1 aliphatic rings. The molecule has 2 aromatic rings. The van der Waals surface area contributed by atoms with E-state index in [9.17, 15) is 13.2 Å². The quantitative estimate of drug-likeness (QED) is 0.860. The van der Waals surface area contributed by atoms with Crippen molar-refractivity contribution < 1.29 is 13.2 Å². The lowest BCUT2D eigenvalue weighted by atomic mass is 10.1. The zero-order chi connectivity index (χ0) is 17.7. The number of amides is 1. The number of hydrogen-bond donors (Lipinski definition) is 1. The molecule has 7 heteroatoms. The van der Waals surface area contributed by atoms with Crippen molar-refractivity contribution in [1.82, 2.24) is 4.98 Å². The molecule has 1 N–H and O–H groups in total. The molecule has 0 unspecified atom stereocenters. The smallest absolute Gasteiger partial charge is 0.235 e. The largest absolute Gasteiger partial charge is 0.326 e. The number of aryl methyl sites for hydroxylation is 1. The van der Waals surface area contributed by atoms with E-state index in [1.54, 1.807) is 30.5 Å². The fraction of sp³-hybridized carbons (Fsp3) is 0.333. The number of benzene rings is 1. The number of hydrogen-bond acceptors (Lipinski definition) is 4. The molecule has 132 valence electrons. The van der Waals surface area contributed by atoms with E-state index in [0.717, 1.165) is 18.4 Å². The monoisotopic (exact) mass is 359 g/mol. The second-order valence-electron chi connectivity index (χ2n) is 6.05. The summed E-state index contributed by atoms with van der Waals surface area (Å²) in [4.78, 5) is 16.1. The maximum atomic E-state index is 12.0. The number of anilines is 2. The highest BCUT2D eigenvalue weighted by molar-refractivity contribution is 7.93. The van der Waals surface area contributed by atoms with Crippen molar-refractivity contribution in [3.63, 3.8) is 0 Å². The third-order valence-corrected chi connectivity index (χ3v) is 6.00. The van der Waals surface area contributed by atoms with Crippen LogP contribution in [0.15, 0.2) is 48.8 Å². The highest BCUT2D eigenvalue weighted by Gasteiger charge is 2.28. The molecule has 3 rings (SSSR count). The Hall–Kier alpha value is -2.41. The third kappa shape index (κ3) is 4.57. The molecule has 1 aliphatic heterocycles. The maximum absolute atomic E-state index is 12.0. The molecule has 0 spiro atoms. The Morgan fingerprint density at radius 2 is 2.00 bits per heavy atom. The summed E-state index contributed by atoms with van der Waals surface area (Å²) in [6, 6.07) is 10.8. The van der Waals surface area contributed by atoms with Gasteiger partial charge in [-0.25, -0.2) is 8.42 Å². The van der Waals surface area contributed by atoms with E-state index in [4.69, 9.17) is 0 Å². The lowest BCUT2D eigenvalue weighted by molar-refractivity contribution is -0.116. The van der Waals surface area contributed by atoms with Crippen LogP contribution in [0.4, 0.5) is 11.4 Å². The predicted octanol–water partition coefficient (Wildman–Crippen LogP) is 2.58. The van der Waals surface area contributed by atoms with Gasteiger partial charge in [0.05, 0.1) is 11.4 Å². The third-order valence-electron chi connectivity index (χ3n) is 4.13. The van der Waals surface area contributed by atoms with Crippen LogP contribution >= 0.6 is 0 Å². The van der Waals surface area contributed by atoms with Crippen molar-refractivity contribution in [2.75, 3.05) is 21.9 Å². The Labute approximate surface area is 147 Å². The number of rotatable bonds is 6. The SMILES string of the molecule is O=C(CCCc1cccnc1)Nc1ccc(N2CCCS2(=O)=O)cc1. The van der Waals surface area contributed by atoms with Gasteiger partial charge in [-0.05, 0) is 55.2 Å². The zero-order valence-corrected chi connectivity index (χ0v) is 14.7. The standard InChI is InChI=1S/C18H21N3O3S/c22-18(6-1-4-15-5-2-11-19-14-15)20-16-7-9-17(10-8-16)21-12-3-13-25(21,23)24/h2,5,7-11,14H,1,3-4,6,12-13H2,(H,20,22). The molecule has 1 fully saturated rings. The lowest BCUT2D eigenvalue weighted by Gasteiger charge is -2.17. The minimum Gasteiger partial charge on any atom is -0.326 e. The predicted molar refractivity (Wildman–Crippen MR) is 98.0 cm³/mol. The first-order valence-corrected chi connectivity index (χ1v) is 9.95. The van der Waals surface area contributed by atoms with Crippen molar-refractivity contribution in [3.05, 3.63) is 54.4 Å². The number of nitrogens with zero attached hydrogens (tertiary/aromatic N) is 2. The molecular weight excluding hydrogens is 338 g/mol. The van der Waals surface area contributed by atoms with Gasteiger partial charge in [-0.2, -0.15) is 0 Å². The average molecular weight is 359 g/mol. The van der Waals surface area contributed by atoms with Crippen LogP contribution in [0.2, 0.25) is 0 Å². The van der Waals surface area contributed by atoms with Crippen molar-refractivity contribution in [2.45, 2.75) is 25.7 Å². The highest BCUT2D eigenvalue weighted by Crippen LogP contribution is 2.25. The minimum absolute atomic E-state index is 0.0505. The first-order chi connectivity index (χ1) is 12.0. The van der Waals surface area contributed by atoms with Crippen LogP contribution in [-0.4, -0.2) is 31.6 Å². The van der Waals surface area contributed by atoms with Gasteiger partial charge in [-0.3, -0.25) is 14.1 Å². The molecule has 6 nitrogen and oxygen atoms in total. The molecule has 0 aliphatic carbocycles. The van der Waals surface area contributed by atoms with E-state index >= 15 is 0 Å². The molecule has 1 amide bonds. The van der Waals surface area contributed by atoms with Gasteiger partial charge >= 0.3 is 0 Å². The number of pyridine rings is 1. The summed E-state index contributed by atoms with van der Waals surface area (Å²) >= 11 is 0. The Morgan fingerprint density at radius 3 is 2.64 bits per heavy atom. The maximum Gasteiger partial charge on any atom is 0.235 e. The fourth-order valence-corrected chi connectivity index (χ4v) is 4.43. The van der Waals surface area contributed by atoms with Crippen LogP contribution < -0.4 is 9.62 Å². The van der Waals surface area contributed by atoms with Gasteiger partial charge in [0, 0.05) is 31.0 Å². The number of sulfonamides is 1. The number of carbonyl (C=O) groups excluding carboxylic acids is 1. The minimum atomic E-state index is -3.17. The van der Waals surface area contributed by atoms with E-state index in [0.29, 0.717) is 30.8 Å². The molecule has 0 bridgehead atoms.